The van der Waals surface area contributed by atoms with Crippen LogP contribution < -0.4 is 11.2 Å². The normalized spacial score (nSPS) is 11.1. The predicted molar refractivity (Wildman–Crippen MR) is 68.9 cm³/mol. The number of rotatable bonds is 5. The van der Waals surface area contributed by atoms with E-state index in [0.29, 0.717) is 12.0 Å². The van der Waals surface area contributed by atoms with Crippen LogP contribution in [0.1, 0.15) is 37.6 Å². The number of hydrogen-bond donors (Lipinski definition) is 1. The summed E-state index contributed by atoms with van der Waals surface area (Å²) in [6.45, 7) is 1.16. The summed E-state index contributed by atoms with van der Waals surface area (Å²) in [4.78, 5) is 29.5. The number of hydrogen-bond acceptors (Lipinski definition) is 4. The molecule has 2 aromatic rings. The Hall–Kier alpha value is -1.98. The van der Waals surface area contributed by atoms with E-state index in [4.69, 9.17) is 4.42 Å². The van der Waals surface area contributed by atoms with Gasteiger partial charge in [0, 0.05) is 6.07 Å². The Morgan fingerprint density at radius 2 is 2.16 bits per heavy atom. The highest BCUT2D eigenvalue weighted by Gasteiger charge is 2.12. The molecule has 0 aromatic carbocycles. The molecule has 0 atom stereocenters. The number of fused-ring (bicyclic) bond motifs is 1. The maximum atomic E-state index is 12.5. The summed E-state index contributed by atoms with van der Waals surface area (Å²) in [5, 5.41) is 0.243. The van der Waals surface area contributed by atoms with Crippen molar-refractivity contribution in [3.8, 4) is 0 Å². The molecule has 0 fully saturated rings. The van der Waals surface area contributed by atoms with Crippen LogP contribution in [-0.4, -0.2) is 9.97 Å². The molecule has 1 N–H and O–H groups in total. The monoisotopic (exact) mass is 266 g/mol. The zero-order valence-corrected chi connectivity index (χ0v) is 10.7. The fraction of sp³-hybridized carbons (Fsp3) is 0.462. The standard InChI is InChI=1S/C13H15FN2O3/c1-2-3-4-5-8-6-10(17)19-13-11(8)12(18)15-9(7-14)16-13/h6H,2-5,7H2,1H3,(H,15,16,18). The van der Waals surface area contributed by atoms with Crippen molar-refractivity contribution in [2.24, 2.45) is 0 Å². The van der Waals surface area contributed by atoms with Gasteiger partial charge in [-0.2, -0.15) is 4.98 Å². The highest BCUT2D eigenvalue weighted by atomic mass is 19.1. The van der Waals surface area contributed by atoms with Crippen LogP contribution >= 0.6 is 0 Å². The molecule has 0 bridgehead atoms. The number of nitrogens with one attached hydrogen (secondary N) is 1. The van der Waals surface area contributed by atoms with Gasteiger partial charge < -0.3 is 9.40 Å². The quantitative estimate of drug-likeness (QED) is 0.840. The zero-order chi connectivity index (χ0) is 13.8. The second-order valence-electron chi connectivity index (χ2n) is 4.37. The topological polar surface area (TPSA) is 76.0 Å². The predicted octanol–water partition coefficient (Wildman–Crippen LogP) is 2.08. The lowest BCUT2D eigenvalue weighted by Crippen LogP contribution is -2.15. The number of H-pyrrole nitrogens is 1. The molecule has 0 aliphatic carbocycles. The van der Waals surface area contributed by atoms with Crippen LogP contribution in [0.3, 0.4) is 0 Å². The highest BCUT2D eigenvalue weighted by molar-refractivity contribution is 5.75. The summed E-state index contributed by atoms with van der Waals surface area (Å²) >= 11 is 0. The Kier molecular flexibility index (Phi) is 4.09. The number of nitrogens with zero attached hydrogens (tertiary/aromatic N) is 1. The molecule has 0 unspecified atom stereocenters. The molecule has 6 heteroatoms. The molecule has 2 heterocycles. The molecule has 0 saturated heterocycles. The first-order chi connectivity index (χ1) is 9.15. The van der Waals surface area contributed by atoms with Crippen molar-refractivity contribution >= 4 is 11.1 Å². The minimum absolute atomic E-state index is 0.0876. The summed E-state index contributed by atoms with van der Waals surface area (Å²) in [6, 6.07) is 1.31. The van der Waals surface area contributed by atoms with Crippen LogP contribution in [0.2, 0.25) is 0 Å². The summed E-state index contributed by atoms with van der Waals surface area (Å²) in [6.07, 6.45) is 3.53. The Balaban J connectivity index is 2.57. The van der Waals surface area contributed by atoms with Gasteiger partial charge in [-0.05, 0) is 18.4 Å². The van der Waals surface area contributed by atoms with Gasteiger partial charge in [-0.15, -0.1) is 0 Å². The first-order valence-corrected chi connectivity index (χ1v) is 6.27. The average molecular weight is 266 g/mol. The number of alkyl halides is 1. The highest BCUT2D eigenvalue weighted by Crippen LogP contribution is 2.14. The molecular formula is C13H15FN2O3. The summed E-state index contributed by atoms with van der Waals surface area (Å²) in [7, 11) is 0. The van der Waals surface area contributed by atoms with E-state index in [1.165, 1.54) is 6.07 Å². The van der Waals surface area contributed by atoms with E-state index in [0.717, 1.165) is 19.3 Å². The molecule has 0 aliphatic rings. The SMILES string of the molecule is CCCCCc1cc(=O)oc2nc(CF)[nH]c(=O)c12. The molecule has 102 valence electrons. The van der Waals surface area contributed by atoms with Crippen LogP contribution in [0.15, 0.2) is 20.1 Å². The smallest absolute Gasteiger partial charge is 0.337 e. The van der Waals surface area contributed by atoms with E-state index in [-0.39, 0.29) is 16.9 Å². The van der Waals surface area contributed by atoms with E-state index in [9.17, 15) is 14.0 Å². The van der Waals surface area contributed by atoms with Crippen LogP contribution in [0.5, 0.6) is 0 Å². The van der Waals surface area contributed by atoms with Crippen molar-refractivity contribution in [2.75, 3.05) is 0 Å². The van der Waals surface area contributed by atoms with Crippen molar-refractivity contribution in [1.82, 2.24) is 9.97 Å². The second kappa shape index (κ2) is 5.77. The number of aromatic amines is 1. The minimum Gasteiger partial charge on any atom is -0.403 e. The fourth-order valence-corrected chi connectivity index (χ4v) is 2.02. The Morgan fingerprint density at radius 1 is 1.37 bits per heavy atom. The van der Waals surface area contributed by atoms with Gasteiger partial charge in [-0.3, -0.25) is 4.79 Å². The first-order valence-electron chi connectivity index (χ1n) is 6.27. The van der Waals surface area contributed by atoms with Crippen LogP contribution in [-0.2, 0) is 13.1 Å². The molecule has 0 aliphatic heterocycles. The Labute approximate surface area is 108 Å². The summed E-state index contributed by atoms with van der Waals surface area (Å²) in [5.41, 5.74) is -0.510. The lowest BCUT2D eigenvalue weighted by atomic mass is 10.1. The molecule has 5 nitrogen and oxygen atoms in total. The third kappa shape index (κ3) is 2.89. The van der Waals surface area contributed by atoms with E-state index < -0.39 is 17.9 Å². The van der Waals surface area contributed by atoms with Crippen molar-refractivity contribution in [3.63, 3.8) is 0 Å². The molecule has 0 spiro atoms. The van der Waals surface area contributed by atoms with Crippen molar-refractivity contribution in [3.05, 3.63) is 38.2 Å². The number of halogens is 1. The van der Waals surface area contributed by atoms with Crippen molar-refractivity contribution < 1.29 is 8.81 Å². The first kappa shape index (κ1) is 13.5. The maximum absolute atomic E-state index is 12.5. The van der Waals surface area contributed by atoms with Gasteiger partial charge in [0.05, 0.1) is 0 Å². The third-order valence-corrected chi connectivity index (χ3v) is 2.92. The van der Waals surface area contributed by atoms with Gasteiger partial charge in [0.1, 0.15) is 17.9 Å². The third-order valence-electron chi connectivity index (χ3n) is 2.92. The van der Waals surface area contributed by atoms with Crippen LogP contribution in [0, 0.1) is 0 Å². The van der Waals surface area contributed by atoms with E-state index >= 15 is 0 Å². The molecule has 0 radical (unpaired) electrons. The summed E-state index contributed by atoms with van der Waals surface area (Å²) in [5.74, 6) is -0.133. The van der Waals surface area contributed by atoms with E-state index in [2.05, 4.69) is 16.9 Å². The molecular weight excluding hydrogens is 251 g/mol. The average Bonchev–Trinajstić information content (AvgIpc) is 2.37. The molecule has 0 amide bonds. The Morgan fingerprint density at radius 3 is 2.84 bits per heavy atom. The Bertz CT molecular complexity index is 690. The summed E-state index contributed by atoms with van der Waals surface area (Å²) < 4.78 is 17.4. The lowest BCUT2D eigenvalue weighted by Gasteiger charge is -2.04. The van der Waals surface area contributed by atoms with Crippen molar-refractivity contribution in [2.45, 2.75) is 39.3 Å². The molecule has 0 saturated carbocycles. The van der Waals surface area contributed by atoms with Gasteiger partial charge in [0.15, 0.2) is 0 Å². The van der Waals surface area contributed by atoms with E-state index in [1.807, 2.05) is 0 Å². The van der Waals surface area contributed by atoms with Crippen LogP contribution in [0.4, 0.5) is 4.39 Å². The number of aromatic nitrogens is 2. The molecule has 2 rings (SSSR count). The van der Waals surface area contributed by atoms with Gasteiger partial charge in [-0.1, -0.05) is 19.8 Å². The largest absolute Gasteiger partial charge is 0.403 e. The van der Waals surface area contributed by atoms with Gasteiger partial charge in [0.25, 0.3) is 5.56 Å². The van der Waals surface area contributed by atoms with Gasteiger partial charge in [0.2, 0.25) is 5.71 Å². The maximum Gasteiger partial charge on any atom is 0.337 e. The number of unbranched alkanes of at least 4 members (excludes halogenated alkanes) is 2. The van der Waals surface area contributed by atoms with Crippen molar-refractivity contribution in [1.29, 1.82) is 0 Å². The number of aryl methyl sites for hydroxylation is 1. The van der Waals surface area contributed by atoms with E-state index in [1.54, 1.807) is 0 Å². The second-order valence-corrected chi connectivity index (χ2v) is 4.37. The fourth-order valence-electron chi connectivity index (χ4n) is 2.02. The zero-order valence-electron chi connectivity index (χ0n) is 10.7. The lowest BCUT2D eigenvalue weighted by molar-refractivity contribution is 0.460. The molecule has 2 aromatic heterocycles. The van der Waals surface area contributed by atoms with Gasteiger partial charge >= 0.3 is 5.63 Å². The molecule has 19 heavy (non-hydrogen) atoms. The minimum atomic E-state index is -0.908. The van der Waals surface area contributed by atoms with Gasteiger partial charge in [-0.25, -0.2) is 9.18 Å². The van der Waals surface area contributed by atoms with Crippen LogP contribution in [0.25, 0.3) is 11.1 Å².